The van der Waals surface area contributed by atoms with E-state index in [0.29, 0.717) is 23.5 Å². The van der Waals surface area contributed by atoms with E-state index < -0.39 is 8.32 Å². The lowest BCUT2D eigenvalue weighted by atomic mass is 9.78. The maximum Gasteiger partial charge on any atom is 0.191 e. The summed E-state index contributed by atoms with van der Waals surface area (Å²) in [5.74, 6) is 2.61. The maximum atomic E-state index is 11.9. The molecule has 0 aromatic heterocycles. The minimum atomic E-state index is -1.68. The predicted octanol–water partition coefficient (Wildman–Crippen LogP) is 4.26. The summed E-state index contributed by atoms with van der Waals surface area (Å²) in [4.78, 5) is 11.9. The molecule has 0 amide bonds. The normalized spacial score (nSPS) is 34.8. The number of carbonyl (C=O) groups is 1. The van der Waals surface area contributed by atoms with Crippen molar-refractivity contribution in [1.82, 2.24) is 0 Å². The molecule has 2 fully saturated rings. The summed E-state index contributed by atoms with van der Waals surface area (Å²) >= 11 is 0. The molecule has 0 aliphatic heterocycles. The second-order valence-corrected chi connectivity index (χ2v) is 13.0. The first-order valence-corrected chi connectivity index (χ1v) is 10.7. The fraction of sp³-hybridized carbons (Fsp3) is 0.938. The van der Waals surface area contributed by atoms with E-state index in [0.717, 1.165) is 12.5 Å². The van der Waals surface area contributed by atoms with Crippen LogP contribution >= 0.6 is 0 Å². The zero-order valence-corrected chi connectivity index (χ0v) is 14.5. The summed E-state index contributed by atoms with van der Waals surface area (Å²) in [6.45, 7) is 14.1. The van der Waals surface area contributed by atoms with Gasteiger partial charge >= 0.3 is 0 Å². The molecule has 0 aromatic rings. The average molecular weight is 282 g/mol. The first kappa shape index (κ1) is 15.2. The van der Waals surface area contributed by atoms with Crippen LogP contribution in [0.4, 0.5) is 0 Å². The summed E-state index contributed by atoms with van der Waals surface area (Å²) < 4.78 is 6.40. The Morgan fingerprint density at radius 1 is 1.21 bits per heavy atom. The van der Waals surface area contributed by atoms with E-state index in [2.05, 4.69) is 33.9 Å². The molecule has 2 nitrogen and oxygen atoms in total. The van der Waals surface area contributed by atoms with E-state index in [1.807, 2.05) is 0 Å². The number of hydrogen-bond donors (Lipinski definition) is 0. The van der Waals surface area contributed by atoms with Crippen LogP contribution in [0.3, 0.4) is 0 Å². The Hall–Kier alpha value is -0.153. The molecule has 2 saturated carbocycles. The van der Waals surface area contributed by atoms with Crippen molar-refractivity contribution in [3.05, 3.63) is 0 Å². The summed E-state index contributed by atoms with van der Waals surface area (Å²) in [6, 6.07) is 0. The molecule has 0 radical (unpaired) electrons. The number of hydrogen-bond acceptors (Lipinski definition) is 2. The molecule has 3 heteroatoms. The fourth-order valence-electron chi connectivity index (χ4n) is 3.80. The molecule has 19 heavy (non-hydrogen) atoms. The average Bonchev–Trinajstić information content (AvgIpc) is 2.83. The standard InChI is InChI=1S/C16H30O2Si/c1-11(17)15-13-8-7-12(9-13)14(15)10-18-19(5,6)16(2,3)4/h12-15H,7-10H2,1-6H3/t12-,13+,14-,15+/m0/s1. The highest BCUT2D eigenvalue weighted by molar-refractivity contribution is 6.74. The van der Waals surface area contributed by atoms with Gasteiger partial charge in [0.25, 0.3) is 0 Å². The van der Waals surface area contributed by atoms with Gasteiger partial charge in [0.15, 0.2) is 8.32 Å². The zero-order chi connectivity index (χ0) is 14.4. The second kappa shape index (κ2) is 4.99. The Kier molecular flexibility index (Phi) is 4.01. The Bertz CT molecular complexity index is 356. The first-order chi connectivity index (χ1) is 8.63. The van der Waals surface area contributed by atoms with Crippen LogP contribution < -0.4 is 0 Å². The third-order valence-electron chi connectivity index (χ3n) is 6.00. The Morgan fingerprint density at radius 3 is 2.32 bits per heavy atom. The molecule has 0 heterocycles. The number of Topliss-reactive ketones (excluding diaryl/α,β-unsaturated/α-hetero) is 1. The van der Waals surface area contributed by atoms with Gasteiger partial charge in [0.2, 0.25) is 0 Å². The fourth-order valence-corrected chi connectivity index (χ4v) is 4.85. The maximum absolute atomic E-state index is 11.9. The Morgan fingerprint density at radius 2 is 1.79 bits per heavy atom. The van der Waals surface area contributed by atoms with E-state index in [-0.39, 0.29) is 5.04 Å². The van der Waals surface area contributed by atoms with Crippen LogP contribution in [0.15, 0.2) is 0 Å². The van der Waals surface area contributed by atoms with Crippen molar-refractivity contribution < 1.29 is 9.22 Å². The number of ketones is 1. The van der Waals surface area contributed by atoms with Crippen LogP contribution in [-0.2, 0) is 9.22 Å². The van der Waals surface area contributed by atoms with Crippen LogP contribution in [0, 0.1) is 23.7 Å². The molecule has 0 aromatic carbocycles. The predicted molar refractivity (Wildman–Crippen MR) is 81.6 cm³/mol. The lowest BCUT2D eigenvalue weighted by molar-refractivity contribution is -0.124. The van der Waals surface area contributed by atoms with E-state index in [9.17, 15) is 4.79 Å². The minimum absolute atomic E-state index is 0.260. The van der Waals surface area contributed by atoms with Gasteiger partial charge in [0.05, 0.1) is 0 Å². The van der Waals surface area contributed by atoms with Gasteiger partial charge in [-0.1, -0.05) is 20.8 Å². The van der Waals surface area contributed by atoms with E-state index in [1.54, 1.807) is 6.92 Å². The highest BCUT2D eigenvalue weighted by Gasteiger charge is 2.50. The molecular weight excluding hydrogens is 252 g/mol. The van der Waals surface area contributed by atoms with Crippen LogP contribution in [-0.4, -0.2) is 20.7 Å². The molecule has 2 bridgehead atoms. The van der Waals surface area contributed by atoms with Gasteiger partial charge in [-0.15, -0.1) is 0 Å². The summed E-state index contributed by atoms with van der Waals surface area (Å²) in [7, 11) is -1.68. The van der Waals surface area contributed by atoms with E-state index in [1.165, 1.54) is 19.3 Å². The topological polar surface area (TPSA) is 26.3 Å². The van der Waals surface area contributed by atoms with Crippen molar-refractivity contribution in [2.75, 3.05) is 6.61 Å². The molecule has 0 spiro atoms. The van der Waals surface area contributed by atoms with Crippen molar-refractivity contribution in [3.63, 3.8) is 0 Å². The molecule has 2 rings (SSSR count). The largest absolute Gasteiger partial charge is 0.417 e. The van der Waals surface area contributed by atoms with Gasteiger partial charge in [-0.2, -0.15) is 0 Å². The van der Waals surface area contributed by atoms with Crippen molar-refractivity contribution in [2.24, 2.45) is 23.7 Å². The quantitative estimate of drug-likeness (QED) is 0.720. The second-order valence-electron chi connectivity index (χ2n) is 8.20. The highest BCUT2D eigenvalue weighted by atomic mass is 28.4. The number of rotatable bonds is 4. The molecular formula is C16H30O2Si. The van der Waals surface area contributed by atoms with E-state index >= 15 is 0 Å². The van der Waals surface area contributed by atoms with Crippen molar-refractivity contribution in [3.8, 4) is 0 Å². The lowest BCUT2D eigenvalue weighted by Crippen LogP contribution is -2.43. The zero-order valence-electron chi connectivity index (χ0n) is 13.5. The SMILES string of the molecule is CC(=O)[C@@H]1[C@@H]2CC[C@@H](C2)[C@@H]1CO[Si](C)(C)C(C)(C)C. The van der Waals surface area contributed by atoms with Gasteiger partial charge in [-0.25, -0.2) is 0 Å². The van der Waals surface area contributed by atoms with Gasteiger partial charge in [-0.05, 0) is 62.1 Å². The number of fused-ring (bicyclic) bond motifs is 2. The van der Waals surface area contributed by atoms with E-state index in [4.69, 9.17) is 4.43 Å². The smallest absolute Gasteiger partial charge is 0.191 e. The third kappa shape index (κ3) is 2.82. The number of carbonyl (C=O) groups excluding carboxylic acids is 1. The molecule has 4 atom stereocenters. The molecule has 2 aliphatic rings. The molecule has 0 N–H and O–H groups in total. The van der Waals surface area contributed by atoms with Crippen LogP contribution in [0.5, 0.6) is 0 Å². The highest BCUT2D eigenvalue weighted by Crippen LogP contribution is 2.53. The molecule has 0 unspecified atom stereocenters. The van der Waals surface area contributed by atoms with Crippen LogP contribution in [0.1, 0.15) is 47.0 Å². The first-order valence-electron chi connectivity index (χ1n) is 7.78. The molecule has 110 valence electrons. The van der Waals surface area contributed by atoms with Crippen molar-refractivity contribution in [2.45, 2.75) is 65.1 Å². The summed E-state index contributed by atoms with van der Waals surface area (Å²) in [5.41, 5.74) is 0. The Balaban J connectivity index is 2.01. The monoisotopic (exact) mass is 282 g/mol. The van der Waals surface area contributed by atoms with Crippen LogP contribution in [0.2, 0.25) is 18.1 Å². The van der Waals surface area contributed by atoms with Gasteiger partial charge in [0, 0.05) is 12.5 Å². The van der Waals surface area contributed by atoms with Crippen molar-refractivity contribution >= 4 is 14.1 Å². The lowest BCUT2D eigenvalue weighted by Gasteiger charge is -2.39. The summed E-state index contributed by atoms with van der Waals surface area (Å²) in [6.07, 6.45) is 3.86. The Labute approximate surface area is 119 Å². The molecule has 0 saturated heterocycles. The summed E-state index contributed by atoms with van der Waals surface area (Å²) in [5, 5.41) is 0.260. The van der Waals surface area contributed by atoms with Gasteiger partial charge < -0.3 is 4.43 Å². The van der Waals surface area contributed by atoms with Gasteiger partial charge in [0.1, 0.15) is 5.78 Å². The molecule has 2 aliphatic carbocycles. The third-order valence-corrected chi connectivity index (χ3v) is 10.5. The minimum Gasteiger partial charge on any atom is -0.417 e. The van der Waals surface area contributed by atoms with Crippen LogP contribution in [0.25, 0.3) is 0 Å². The van der Waals surface area contributed by atoms with Gasteiger partial charge in [-0.3, -0.25) is 4.79 Å². The van der Waals surface area contributed by atoms with Crippen molar-refractivity contribution in [1.29, 1.82) is 0 Å².